The van der Waals surface area contributed by atoms with Crippen molar-refractivity contribution >= 4 is 0 Å². The molecule has 9 heavy (non-hydrogen) atoms. The highest BCUT2D eigenvalue weighted by Crippen LogP contribution is 2.15. The van der Waals surface area contributed by atoms with E-state index in [9.17, 15) is 0 Å². The van der Waals surface area contributed by atoms with Gasteiger partial charge < -0.3 is 11.1 Å². The molecule has 1 aliphatic heterocycles. The normalized spacial score (nSPS) is 35.3. The van der Waals surface area contributed by atoms with E-state index in [-0.39, 0.29) is 6.17 Å². The molecule has 1 rings (SSSR count). The zero-order chi connectivity index (χ0) is 6.69. The molecule has 0 saturated carbocycles. The van der Waals surface area contributed by atoms with Crippen LogP contribution in [0.3, 0.4) is 0 Å². The molecule has 0 radical (unpaired) electrons. The van der Waals surface area contributed by atoms with Crippen molar-refractivity contribution in [3.05, 3.63) is 0 Å². The van der Waals surface area contributed by atoms with E-state index >= 15 is 0 Å². The van der Waals surface area contributed by atoms with Gasteiger partial charge in [-0.1, -0.05) is 13.3 Å². The van der Waals surface area contributed by atoms with Crippen LogP contribution in [0.15, 0.2) is 0 Å². The van der Waals surface area contributed by atoms with Crippen LogP contribution in [0.1, 0.15) is 26.2 Å². The molecule has 0 aromatic carbocycles. The van der Waals surface area contributed by atoms with Gasteiger partial charge in [0.25, 0.3) is 0 Å². The Bertz CT molecular complexity index is 81.0. The molecule has 2 atom stereocenters. The van der Waals surface area contributed by atoms with Gasteiger partial charge in [0.05, 0.1) is 6.17 Å². The molecule has 1 heterocycles. The van der Waals surface area contributed by atoms with Gasteiger partial charge in [0, 0.05) is 0 Å². The highest BCUT2D eigenvalue weighted by atomic mass is 15.1. The first-order valence-electron chi connectivity index (χ1n) is 3.82. The van der Waals surface area contributed by atoms with Crippen molar-refractivity contribution in [3.8, 4) is 0 Å². The number of nitrogens with one attached hydrogen (secondary N) is 1. The lowest BCUT2D eigenvalue weighted by Gasteiger charge is -2.03. The van der Waals surface area contributed by atoms with Crippen LogP contribution in [0, 0.1) is 5.92 Å². The second-order valence-electron chi connectivity index (χ2n) is 2.91. The average Bonchev–Trinajstić information content (AvgIpc) is 2.17. The molecule has 2 unspecified atom stereocenters. The molecular formula is C7H16N2. The minimum Gasteiger partial charge on any atom is -0.316 e. The summed E-state index contributed by atoms with van der Waals surface area (Å²) in [5.74, 6) is 0.852. The van der Waals surface area contributed by atoms with Crippen molar-refractivity contribution in [1.82, 2.24) is 5.32 Å². The van der Waals surface area contributed by atoms with E-state index in [0.717, 1.165) is 12.5 Å². The zero-order valence-corrected chi connectivity index (χ0v) is 6.06. The van der Waals surface area contributed by atoms with Crippen molar-refractivity contribution in [2.24, 2.45) is 11.7 Å². The monoisotopic (exact) mass is 128 g/mol. The molecule has 0 spiro atoms. The standard InChI is InChI=1S/C7H16N2/c1-2-3-6-4-7(8)9-5-6/h6-7,9H,2-5,8H2,1H3. The van der Waals surface area contributed by atoms with Crippen LogP contribution in [-0.2, 0) is 0 Å². The predicted octanol–water partition coefficient (Wildman–Crippen LogP) is 0.681. The van der Waals surface area contributed by atoms with Crippen LogP contribution in [-0.4, -0.2) is 12.7 Å². The Labute approximate surface area is 56.8 Å². The molecule has 0 aromatic rings. The lowest BCUT2D eigenvalue weighted by molar-refractivity contribution is 0.511. The summed E-state index contributed by atoms with van der Waals surface area (Å²) in [5, 5.41) is 3.23. The second kappa shape index (κ2) is 3.18. The lowest BCUT2D eigenvalue weighted by Crippen LogP contribution is -2.30. The summed E-state index contributed by atoms with van der Waals surface area (Å²) in [6, 6.07) is 0. The quantitative estimate of drug-likeness (QED) is 0.574. The summed E-state index contributed by atoms with van der Waals surface area (Å²) in [5.41, 5.74) is 5.64. The number of hydrogen-bond donors (Lipinski definition) is 2. The molecule has 0 aromatic heterocycles. The minimum absolute atomic E-state index is 0.279. The third kappa shape index (κ3) is 1.95. The van der Waals surface area contributed by atoms with Gasteiger partial charge in [-0.3, -0.25) is 0 Å². The molecule has 0 bridgehead atoms. The Hall–Kier alpha value is -0.0800. The smallest absolute Gasteiger partial charge is 0.0549 e. The molecule has 54 valence electrons. The van der Waals surface area contributed by atoms with Crippen LogP contribution in [0.25, 0.3) is 0 Å². The lowest BCUT2D eigenvalue weighted by atomic mass is 10.0. The third-order valence-electron chi connectivity index (χ3n) is 1.95. The fraction of sp³-hybridized carbons (Fsp3) is 1.00. The number of rotatable bonds is 2. The number of nitrogens with two attached hydrogens (primary N) is 1. The maximum atomic E-state index is 5.64. The maximum absolute atomic E-state index is 5.64. The molecular weight excluding hydrogens is 112 g/mol. The van der Waals surface area contributed by atoms with Crippen molar-refractivity contribution in [3.63, 3.8) is 0 Å². The average molecular weight is 128 g/mol. The number of hydrogen-bond acceptors (Lipinski definition) is 2. The highest BCUT2D eigenvalue weighted by Gasteiger charge is 2.19. The largest absolute Gasteiger partial charge is 0.316 e. The molecule has 1 fully saturated rings. The third-order valence-corrected chi connectivity index (χ3v) is 1.95. The summed E-state index contributed by atoms with van der Waals surface area (Å²) in [4.78, 5) is 0. The molecule has 1 saturated heterocycles. The van der Waals surface area contributed by atoms with Gasteiger partial charge in [0.15, 0.2) is 0 Å². The second-order valence-corrected chi connectivity index (χ2v) is 2.91. The van der Waals surface area contributed by atoms with E-state index in [4.69, 9.17) is 5.73 Å². The van der Waals surface area contributed by atoms with E-state index < -0.39 is 0 Å². The highest BCUT2D eigenvalue weighted by molar-refractivity contribution is 4.76. The van der Waals surface area contributed by atoms with Crippen LogP contribution >= 0.6 is 0 Å². The van der Waals surface area contributed by atoms with Crippen molar-refractivity contribution in [1.29, 1.82) is 0 Å². The summed E-state index contributed by atoms with van der Waals surface area (Å²) in [7, 11) is 0. The molecule has 1 aliphatic rings. The Kier molecular flexibility index (Phi) is 2.49. The molecule has 2 nitrogen and oxygen atoms in total. The van der Waals surface area contributed by atoms with Gasteiger partial charge >= 0.3 is 0 Å². The summed E-state index contributed by atoms with van der Waals surface area (Å²) >= 11 is 0. The first-order valence-corrected chi connectivity index (χ1v) is 3.82. The first kappa shape index (κ1) is 7.03. The van der Waals surface area contributed by atoms with Crippen LogP contribution < -0.4 is 11.1 Å². The summed E-state index contributed by atoms with van der Waals surface area (Å²) in [6.07, 6.45) is 4.08. The zero-order valence-electron chi connectivity index (χ0n) is 6.06. The predicted molar refractivity (Wildman–Crippen MR) is 39.0 cm³/mol. The molecule has 2 heteroatoms. The fourth-order valence-electron chi connectivity index (χ4n) is 1.47. The van der Waals surface area contributed by atoms with Gasteiger partial charge in [-0.25, -0.2) is 0 Å². The van der Waals surface area contributed by atoms with Gasteiger partial charge in [-0.15, -0.1) is 0 Å². The fourth-order valence-corrected chi connectivity index (χ4v) is 1.47. The Balaban J connectivity index is 2.14. The SMILES string of the molecule is CCCC1CNC(N)C1. The van der Waals surface area contributed by atoms with E-state index in [1.807, 2.05) is 0 Å². The Morgan fingerprint density at radius 2 is 2.44 bits per heavy atom. The van der Waals surface area contributed by atoms with Crippen LogP contribution in [0.4, 0.5) is 0 Å². The van der Waals surface area contributed by atoms with E-state index in [2.05, 4.69) is 12.2 Å². The van der Waals surface area contributed by atoms with Crippen molar-refractivity contribution in [2.75, 3.05) is 6.54 Å². The van der Waals surface area contributed by atoms with E-state index in [1.165, 1.54) is 19.3 Å². The van der Waals surface area contributed by atoms with Gasteiger partial charge in [0.2, 0.25) is 0 Å². The van der Waals surface area contributed by atoms with E-state index in [0.29, 0.717) is 0 Å². The first-order chi connectivity index (χ1) is 4.33. The Morgan fingerprint density at radius 3 is 2.89 bits per heavy atom. The summed E-state index contributed by atoms with van der Waals surface area (Å²) < 4.78 is 0. The van der Waals surface area contributed by atoms with Crippen molar-refractivity contribution < 1.29 is 0 Å². The molecule has 0 aliphatic carbocycles. The summed E-state index contributed by atoms with van der Waals surface area (Å²) in [6.45, 7) is 3.36. The van der Waals surface area contributed by atoms with Gasteiger partial charge in [-0.05, 0) is 25.3 Å². The van der Waals surface area contributed by atoms with E-state index in [1.54, 1.807) is 0 Å². The molecule has 3 N–H and O–H groups in total. The maximum Gasteiger partial charge on any atom is 0.0549 e. The Morgan fingerprint density at radius 1 is 1.67 bits per heavy atom. The van der Waals surface area contributed by atoms with Crippen LogP contribution in [0.5, 0.6) is 0 Å². The van der Waals surface area contributed by atoms with Gasteiger partial charge in [-0.2, -0.15) is 0 Å². The van der Waals surface area contributed by atoms with Crippen molar-refractivity contribution in [2.45, 2.75) is 32.4 Å². The molecule has 0 amide bonds. The minimum atomic E-state index is 0.279. The topological polar surface area (TPSA) is 38.0 Å². The van der Waals surface area contributed by atoms with Gasteiger partial charge in [0.1, 0.15) is 0 Å². The van der Waals surface area contributed by atoms with Crippen LogP contribution in [0.2, 0.25) is 0 Å².